The lowest BCUT2D eigenvalue weighted by Crippen LogP contribution is -2.56. The lowest BCUT2D eigenvalue weighted by Gasteiger charge is -2.59. The Kier molecular flexibility index (Phi) is 4.81. The summed E-state index contributed by atoms with van der Waals surface area (Å²) in [6.45, 7) is 2.06. The highest BCUT2D eigenvalue weighted by Crippen LogP contribution is 2.61. The van der Waals surface area contributed by atoms with Gasteiger partial charge in [0.05, 0.1) is 0 Å². The molecule has 5 aliphatic rings. The van der Waals surface area contributed by atoms with E-state index in [1.807, 2.05) is 0 Å². The summed E-state index contributed by atoms with van der Waals surface area (Å²) in [5.41, 5.74) is 0.304. The first kappa shape index (κ1) is 17.4. The molecule has 1 amide bonds. The maximum Gasteiger partial charge on any atom is 0.306 e. The molecule has 0 aliphatic heterocycles. The van der Waals surface area contributed by atoms with Crippen molar-refractivity contribution in [2.24, 2.45) is 29.1 Å². The van der Waals surface area contributed by atoms with Crippen molar-refractivity contribution in [1.29, 1.82) is 0 Å². The van der Waals surface area contributed by atoms with E-state index < -0.39 is 0 Å². The number of carbonyl (C=O) groups excluding carboxylic acids is 2. The van der Waals surface area contributed by atoms with Crippen LogP contribution < -0.4 is 5.32 Å². The molecule has 5 rings (SSSR count). The first-order valence-electron chi connectivity index (χ1n) is 10.5. The molecule has 5 fully saturated rings. The molecular weight excluding hydrogens is 314 g/mol. The molecule has 1 unspecified atom stereocenters. The second kappa shape index (κ2) is 6.92. The largest absolute Gasteiger partial charge is 0.456 e. The zero-order valence-electron chi connectivity index (χ0n) is 15.6. The third-order valence-corrected chi connectivity index (χ3v) is 7.68. The Labute approximate surface area is 151 Å². The van der Waals surface area contributed by atoms with Gasteiger partial charge in [0.15, 0.2) is 6.61 Å². The molecule has 1 atom stereocenters. The summed E-state index contributed by atoms with van der Waals surface area (Å²) in [6.07, 6.45) is 13.3. The Bertz CT molecular complexity index is 488. The molecular formula is C21H33NO3. The number of hydrogen-bond donors (Lipinski definition) is 1. The molecule has 25 heavy (non-hydrogen) atoms. The Hall–Kier alpha value is -1.06. The summed E-state index contributed by atoms with van der Waals surface area (Å²) >= 11 is 0. The number of rotatable bonds is 6. The fourth-order valence-corrected chi connectivity index (χ4v) is 6.80. The van der Waals surface area contributed by atoms with Crippen molar-refractivity contribution in [2.45, 2.75) is 83.6 Å². The van der Waals surface area contributed by atoms with Crippen LogP contribution >= 0.6 is 0 Å². The lowest BCUT2D eigenvalue weighted by molar-refractivity contribution is -0.150. The van der Waals surface area contributed by atoms with Gasteiger partial charge in [-0.25, -0.2) is 0 Å². The van der Waals surface area contributed by atoms with Crippen molar-refractivity contribution in [3.8, 4) is 0 Å². The molecule has 0 spiro atoms. The summed E-state index contributed by atoms with van der Waals surface area (Å²) in [7, 11) is 0. The Morgan fingerprint density at radius 3 is 2.16 bits per heavy atom. The third-order valence-electron chi connectivity index (χ3n) is 7.68. The average Bonchev–Trinajstić information content (AvgIpc) is 3.04. The highest BCUT2D eigenvalue weighted by molar-refractivity contribution is 5.80. The van der Waals surface area contributed by atoms with Crippen molar-refractivity contribution in [3.05, 3.63) is 0 Å². The monoisotopic (exact) mass is 347 g/mol. The van der Waals surface area contributed by atoms with Crippen molar-refractivity contribution in [1.82, 2.24) is 5.32 Å². The van der Waals surface area contributed by atoms with Crippen molar-refractivity contribution < 1.29 is 14.3 Å². The normalized spacial score (nSPS) is 37.9. The SMILES string of the molecule is CC(NC(=O)COC(=O)CC1CCCC1)C12CC3CC(CC(C3)C1)C2. The summed E-state index contributed by atoms with van der Waals surface area (Å²) in [4.78, 5) is 24.2. The van der Waals surface area contributed by atoms with Gasteiger partial charge in [0.25, 0.3) is 5.91 Å². The molecule has 0 saturated heterocycles. The van der Waals surface area contributed by atoms with Gasteiger partial charge >= 0.3 is 5.97 Å². The van der Waals surface area contributed by atoms with Gasteiger partial charge in [-0.15, -0.1) is 0 Å². The molecule has 1 N–H and O–H groups in total. The quantitative estimate of drug-likeness (QED) is 0.743. The average molecular weight is 347 g/mol. The van der Waals surface area contributed by atoms with E-state index >= 15 is 0 Å². The summed E-state index contributed by atoms with van der Waals surface area (Å²) in [6, 6.07) is 0.196. The van der Waals surface area contributed by atoms with E-state index in [2.05, 4.69) is 12.2 Å². The first-order chi connectivity index (χ1) is 12.0. The van der Waals surface area contributed by atoms with Gasteiger partial charge in [0.1, 0.15) is 0 Å². The maximum atomic E-state index is 12.3. The van der Waals surface area contributed by atoms with E-state index in [0.29, 0.717) is 17.8 Å². The Morgan fingerprint density at radius 2 is 1.60 bits per heavy atom. The molecule has 5 aliphatic carbocycles. The number of ether oxygens (including phenoxy) is 1. The van der Waals surface area contributed by atoms with Gasteiger partial charge in [0.2, 0.25) is 0 Å². The van der Waals surface area contributed by atoms with E-state index in [1.54, 1.807) is 0 Å². The minimum atomic E-state index is -0.204. The molecule has 0 heterocycles. The molecule has 140 valence electrons. The van der Waals surface area contributed by atoms with Crippen molar-refractivity contribution in [3.63, 3.8) is 0 Å². The second-order valence-electron chi connectivity index (χ2n) is 9.58. The van der Waals surface area contributed by atoms with Crippen LogP contribution in [-0.2, 0) is 14.3 Å². The lowest BCUT2D eigenvalue weighted by atomic mass is 9.48. The fourth-order valence-electron chi connectivity index (χ4n) is 6.80. The number of amides is 1. The third kappa shape index (κ3) is 3.73. The second-order valence-corrected chi connectivity index (χ2v) is 9.58. The van der Waals surface area contributed by atoms with Gasteiger partial charge < -0.3 is 10.1 Å². The zero-order chi connectivity index (χ0) is 17.4. The summed E-state index contributed by atoms with van der Waals surface area (Å²) < 4.78 is 5.23. The summed E-state index contributed by atoms with van der Waals surface area (Å²) in [5.74, 6) is 2.80. The predicted octanol–water partition coefficient (Wildman–Crippen LogP) is 3.83. The molecule has 0 aromatic carbocycles. The van der Waals surface area contributed by atoms with E-state index in [1.165, 1.54) is 51.4 Å². The van der Waals surface area contributed by atoms with Crippen LogP contribution in [0.2, 0.25) is 0 Å². The highest BCUT2D eigenvalue weighted by atomic mass is 16.5. The molecule has 4 heteroatoms. The van der Waals surface area contributed by atoms with E-state index in [0.717, 1.165) is 30.6 Å². The van der Waals surface area contributed by atoms with Crippen LogP contribution in [0.5, 0.6) is 0 Å². The fraction of sp³-hybridized carbons (Fsp3) is 0.905. The van der Waals surface area contributed by atoms with Crippen molar-refractivity contribution >= 4 is 11.9 Å². The molecule has 4 bridgehead atoms. The number of carbonyl (C=O) groups is 2. The molecule has 0 aromatic heterocycles. The number of hydrogen-bond acceptors (Lipinski definition) is 3. The Morgan fingerprint density at radius 1 is 1.04 bits per heavy atom. The molecule has 4 nitrogen and oxygen atoms in total. The highest BCUT2D eigenvalue weighted by Gasteiger charge is 2.53. The van der Waals surface area contributed by atoms with Crippen molar-refractivity contribution in [2.75, 3.05) is 6.61 Å². The minimum Gasteiger partial charge on any atom is -0.456 e. The van der Waals surface area contributed by atoms with E-state index in [9.17, 15) is 9.59 Å². The van der Waals surface area contributed by atoms with Gasteiger partial charge in [-0.2, -0.15) is 0 Å². The molecule has 5 saturated carbocycles. The molecule has 0 radical (unpaired) electrons. The van der Waals surface area contributed by atoms with Gasteiger partial charge in [0, 0.05) is 12.5 Å². The van der Waals surface area contributed by atoms with Gasteiger partial charge in [-0.3, -0.25) is 9.59 Å². The predicted molar refractivity (Wildman–Crippen MR) is 95.7 cm³/mol. The first-order valence-corrected chi connectivity index (χ1v) is 10.5. The maximum absolute atomic E-state index is 12.3. The van der Waals surface area contributed by atoms with E-state index in [4.69, 9.17) is 4.74 Å². The number of esters is 1. The van der Waals surface area contributed by atoms with Crippen LogP contribution in [0.25, 0.3) is 0 Å². The minimum absolute atomic E-state index is 0.109. The van der Waals surface area contributed by atoms with Crippen LogP contribution in [0.4, 0.5) is 0 Å². The van der Waals surface area contributed by atoms with Crippen LogP contribution in [0.1, 0.15) is 77.6 Å². The number of nitrogens with one attached hydrogen (secondary N) is 1. The smallest absolute Gasteiger partial charge is 0.306 e. The van der Waals surface area contributed by atoms with Crippen LogP contribution in [-0.4, -0.2) is 24.5 Å². The van der Waals surface area contributed by atoms with Crippen LogP contribution in [0.15, 0.2) is 0 Å². The Balaban J connectivity index is 1.24. The van der Waals surface area contributed by atoms with Crippen LogP contribution in [0.3, 0.4) is 0 Å². The van der Waals surface area contributed by atoms with Gasteiger partial charge in [-0.1, -0.05) is 12.8 Å². The van der Waals surface area contributed by atoms with E-state index in [-0.39, 0.29) is 24.5 Å². The molecule has 0 aromatic rings. The summed E-state index contributed by atoms with van der Waals surface area (Å²) in [5, 5.41) is 3.17. The zero-order valence-corrected chi connectivity index (χ0v) is 15.6. The van der Waals surface area contributed by atoms with Gasteiger partial charge in [-0.05, 0) is 87.4 Å². The topological polar surface area (TPSA) is 55.4 Å². The standard InChI is InChI=1S/C21H33NO3/c1-14(21-10-16-6-17(11-21)8-18(7-16)12-21)22-19(23)13-25-20(24)9-15-4-2-3-5-15/h14-18H,2-13H2,1H3,(H,22,23). The van der Waals surface area contributed by atoms with Crippen LogP contribution in [0, 0.1) is 29.1 Å².